The number of hydrogen-bond acceptors (Lipinski definition) is 8. The predicted octanol–water partition coefficient (Wildman–Crippen LogP) is 6.42. The summed E-state index contributed by atoms with van der Waals surface area (Å²) in [5.41, 5.74) is 3.87. The fourth-order valence-electron chi connectivity index (χ4n) is 4.08. The topological polar surface area (TPSA) is 104 Å². The van der Waals surface area contributed by atoms with Crippen molar-refractivity contribution in [1.82, 2.24) is 10.3 Å². The maximum atomic E-state index is 12.9. The molecule has 0 saturated carbocycles. The molecule has 1 N–H and O–H groups in total. The zero-order valence-corrected chi connectivity index (χ0v) is 26.1. The molecule has 3 aromatic rings. The second kappa shape index (κ2) is 17.8. The van der Waals surface area contributed by atoms with Gasteiger partial charge in [-0.3, -0.25) is 9.59 Å². The molecule has 0 saturated heterocycles. The molecule has 8 nitrogen and oxygen atoms in total. The first-order valence-corrected chi connectivity index (χ1v) is 15.3. The fourth-order valence-corrected chi connectivity index (χ4v) is 4.91. The lowest BCUT2D eigenvalue weighted by Crippen LogP contribution is -2.37. The van der Waals surface area contributed by atoms with Crippen molar-refractivity contribution in [3.63, 3.8) is 0 Å². The summed E-state index contributed by atoms with van der Waals surface area (Å²) in [5.74, 6) is -0.968. The van der Waals surface area contributed by atoms with Gasteiger partial charge in [-0.15, -0.1) is 11.3 Å². The first kappa shape index (κ1) is 33.4. The number of thiazole rings is 1. The predicted molar refractivity (Wildman–Crippen MR) is 169 cm³/mol. The third kappa shape index (κ3) is 11.6. The van der Waals surface area contributed by atoms with E-state index >= 15 is 0 Å². The van der Waals surface area contributed by atoms with Gasteiger partial charge in [-0.2, -0.15) is 0 Å². The molecule has 0 bridgehead atoms. The summed E-state index contributed by atoms with van der Waals surface area (Å²) in [7, 11) is 0. The summed E-state index contributed by atoms with van der Waals surface area (Å²) < 4.78 is 16.3. The Morgan fingerprint density at radius 3 is 2.44 bits per heavy atom. The normalized spacial score (nSPS) is 12.5. The monoisotopic (exact) mass is 604 g/mol. The fraction of sp³-hybridized carbons (Fsp3) is 0.353. The lowest BCUT2D eigenvalue weighted by molar-refractivity contribution is -0.141. The number of ether oxygens (including phenoxy) is 3. The molecule has 0 radical (unpaired) electrons. The van der Waals surface area contributed by atoms with Gasteiger partial charge in [0.25, 0.3) is 5.91 Å². The SMILES string of the molecule is CCCCOc1ccc(C[C@H](NC(=O)C(=O)COCc2ccccc2)c2nc(/C=C(C)/C=C(/C)C(=O)OCC)cs2)cc1. The quantitative estimate of drug-likeness (QED) is 0.0623. The number of benzene rings is 2. The molecule has 9 heteroatoms. The Kier molecular flexibility index (Phi) is 13.8. The van der Waals surface area contributed by atoms with Crippen LogP contribution in [-0.2, 0) is 36.9 Å². The number of ketones is 1. The van der Waals surface area contributed by atoms with E-state index in [0.717, 1.165) is 35.3 Å². The number of unbranched alkanes of at least 4 members (excludes halogenated alkanes) is 1. The minimum atomic E-state index is -0.728. The van der Waals surface area contributed by atoms with E-state index in [1.165, 1.54) is 11.3 Å². The Hall–Kier alpha value is -4.08. The Labute approximate surface area is 257 Å². The molecule has 0 aliphatic rings. The van der Waals surface area contributed by atoms with Gasteiger partial charge in [0.15, 0.2) is 0 Å². The summed E-state index contributed by atoms with van der Waals surface area (Å²) in [6.07, 6.45) is 6.07. The second-order valence-electron chi connectivity index (χ2n) is 10.0. The maximum Gasteiger partial charge on any atom is 0.333 e. The highest BCUT2D eigenvalue weighted by atomic mass is 32.1. The van der Waals surface area contributed by atoms with E-state index in [4.69, 9.17) is 19.2 Å². The second-order valence-corrected chi connectivity index (χ2v) is 10.9. The summed E-state index contributed by atoms with van der Waals surface area (Å²) in [6.45, 7) is 8.34. The van der Waals surface area contributed by atoms with Crippen LogP contribution < -0.4 is 10.1 Å². The van der Waals surface area contributed by atoms with E-state index in [0.29, 0.717) is 35.9 Å². The van der Waals surface area contributed by atoms with Gasteiger partial charge in [0.1, 0.15) is 17.4 Å². The standard InChI is InChI=1S/C34H40N2O6S/c1-5-7-17-42-29-15-13-26(14-16-29)20-30(36-32(38)31(37)22-40-21-27-11-9-8-10-12-27)33-35-28(23-43-33)19-24(3)18-25(4)34(39)41-6-2/h8-16,18-19,23,30H,5-7,17,20-22H2,1-4H3,(H,36,38)/b24-19+,25-18-/t30-/m0/s1. The van der Waals surface area contributed by atoms with Crippen LogP contribution in [0.2, 0.25) is 0 Å². The first-order valence-electron chi connectivity index (χ1n) is 14.4. The van der Waals surface area contributed by atoms with Crippen LogP contribution in [-0.4, -0.2) is 42.5 Å². The summed E-state index contributed by atoms with van der Waals surface area (Å²) in [4.78, 5) is 42.3. The average Bonchev–Trinajstić information content (AvgIpc) is 3.46. The van der Waals surface area contributed by atoms with E-state index in [1.807, 2.05) is 73.0 Å². The maximum absolute atomic E-state index is 12.9. The van der Waals surface area contributed by atoms with Crippen molar-refractivity contribution in [2.24, 2.45) is 0 Å². The van der Waals surface area contributed by atoms with Crippen molar-refractivity contribution in [3.8, 4) is 5.75 Å². The minimum absolute atomic E-state index is 0.238. The van der Waals surface area contributed by atoms with Crippen LogP contribution in [0, 0.1) is 0 Å². The molecule has 228 valence electrons. The van der Waals surface area contributed by atoms with Crippen LogP contribution in [0.1, 0.15) is 68.4 Å². The van der Waals surface area contributed by atoms with Crippen molar-refractivity contribution in [1.29, 1.82) is 0 Å². The number of nitrogens with one attached hydrogen (secondary N) is 1. The Bertz CT molecular complexity index is 1400. The zero-order valence-electron chi connectivity index (χ0n) is 25.3. The average molecular weight is 605 g/mol. The van der Waals surface area contributed by atoms with Crippen LogP contribution in [0.15, 0.2) is 77.2 Å². The lowest BCUT2D eigenvalue weighted by Gasteiger charge is -2.17. The summed E-state index contributed by atoms with van der Waals surface area (Å²) in [5, 5.41) is 5.40. The number of esters is 1. The van der Waals surface area contributed by atoms with Crippen molar-refractivity contribution in [2.45, 2.75) is 59.6 Å². The van der Waals surface area contributed by atoms with E-state index in [2.05, 4.69) is 12.2 Å². The molecule has 1 heterocycles. The lowest BCUT2D eigenvalue weighted by atomic mass is 10.1. The Balaban J connectivity index is 1.73. The molecule has 2 aromatic carbocycles. The van der Waals surface area contributed by atoms with E-state index in [1.54, 1.807) is 19.9 Å². The van der Waals surface area contributed by atoms with Crippen LogP contribution in [0.4, 0.5) is 0 Å². The van der Waals surface area contributed by atoms with Crippen molar-refractivity contribution < 1.29 is 28.6 Å². The highest BCUT2D eigenvalue weighted by molar-refractivity contribution is 7.09. The van der Waals surface area contributed by atoms with Crippen molar-refractivity contribution >= 4 is 35.1 Å². The number of nitrogens with zero attached hydrogens (tertiary/aromatic N) is 1. The molecular weight excluding hydrogens is 564 g/mol. The highest BCUT2D eigenvalue weighted by Gasteiger charge is 2.23. The summed E-state index contributed by atoms with van der Waals surface area (Å²) in [6, 6.07) is 16.6. The summed E-state index contributed by atoms with van der Waals surface area (Å²) >= 11 is 1.39. The van der Waals surface area contributed by atoms with Gasteiger partial charge in [0.05, 0.1) is 31.6 Å². The molecule has 0 aliphatic carbocycles. The molecule has 1 aromatic heterocycles. The number of aromatic nitrogens is 1. The molecule has 0 aliphatic heterocycles. The molecule has 1 amide bonds. The molecule has 1 atom stereocenters. The van der Waals surface area contributed by atoms with Crippen LogP contribution in [0.3, 0.4) is 0 Å². The van der Waals surface area contributed by atoms with Gasteiger partial charge in [-0.05, 0) is 74.6 Å². The smallest absolute Gasteiger partial charge is 0.333 e. The molecular formula is C34H40N2O6S. The number of allylic oxidation sites excluding steroid dienone is 2. The van der Waals surface area contributed by atoms with Gasteiger partial charge in [0.2, 0.25) is 5.78 Å². The van der Waals surface area contributed by atoms with Crippen LogP contribution >= 0.6 is 11.3 Å². The van der Waals surface area contributed by atoms with Gasteiger partial charge in [-0.1, -0.05) is 55.8 Å². The minimum Gasteiger partial charge on any atom is -0.494 e. The van der Waals surface area contributed by atoms with Crippen molar-refractivity contribution in [3.05, 3.63) is 99.0 Å². The van der Waals surface area contributed by atoms with Gasteiger partial charge >= 0.3 is 5.97 Å². The third-order valence-electron chi connectivity index (χ3n) is 6.29. The Morgan fingerprint density at radius 2 is 1.74 bits per heavy atom. The molecule has 3 rings (SSSR count). The number of carbonyl (C=O) groups excluding carboxylic acids is 3. The van der Waals surface area contributed by atoms with E-state index < -0.39 is 17.7 Å². The van der Waals surface area contributed by atoms with Crippen molar-refractivity contribution in [2.75, 3.05) is 19.8 Å². The van der Waals surface area contributed by atoms with E-state index in [-0.39, 0.29) is 19.2 Å². The number of Topliss-reactive ketones (excluding diaryl/α,β-unsaturated/α-hetero) is 1. The number of amides is 1. The molecule has 0 fully saturated rings. The van der Waals surface area contributed by atoms with Gasteiger partial charge < -0.3 is 19.5 Å². The van der Waals surface area contributed by atoms with Gasteiger partial charge in [-0.25, -0.2) is 9.78 Å². The molecule has 0 spiro atoms. The third-order valence-corrected chi connectivity index (χ3v) is 7.26. The molecule has 0 unspecified atom stereocenters. The number of hydrogen-bond donors (Lipinski definition) is 1. The first-order chi connectivity index (χ1) is 20.8. The number of carbonyl (C=O) groups is 3. The largest absolute Gasteiger partial charge is 0.494 e. The zero-order chi connectivity index (χ0) is 31.0. The van der Waals surface area contributed by atoms with E-state index in [9.17, 15) is 14.4 Å². The van der Waals surface area contributed by atoms with Gasteiger partial charge in [0, 0.05) is 11.0 Å². The molecule has 43 heavy (non-hydrogen) atoms. The number of rotatable bonds is 17. The Morgan fingerprint density at radius 1 is 1.00 bits per heavy atom. The highest BCUT2D eigenvalue weighted by Crippen LogP contribution is 2.25. The van der Waals surface area contributed by atoms with Crippen LogP contribution in [0.25, 0.3) is 6.08 Å². The van der Waals surface area contributed by atoms with Crippen LogP contribution in [0.5, 0.6) is 5.75 Å².